The van der Waals surface area contributed by atoms with Crippen molar-refractivity contribution in [3.8, 4) is 0 Å². The number of carbonyl (C=O) groups is 1. The lowest BCUT2D eigenvalue weighted by molar-refractivity contribution is -0.116. The molecular weight excluding hydrogens is 322 g/mol. The van der Waals surface area contributed by atoms with Crippen molar-refractivity contribution in [2.75, 3.05) is 5.32 Å². The van der Waals surface area contributed by atoms with E-state index in [1.165, 1.54) is 0 Å². The van der Waals surface area contributed by atoms with Gasteiger partial charge in [-0.1, -0.05) is 54.1 Å². The minimum Gasteiger partial charge on any atom is -0.311 e. The van der Waals surface area contributed by atoms with Gasteiger partial charge >= 0.3 is 0 Å². The molecule has 0 saturated heterocycles. The van der Waals surface area contributed by atoms with Crippen LogP contribution in [0.5, 0.6) is 0 Å². The summed E-state index contributed by atoms with van der Waals surface area (Å²) in [6.07, 6.45) is 2.26. The molecule has 24 heavy (non-hydrogen) atoms. The molecule has 0 fully saturated rings. The zero-order valence-electron chi connectivity index (χ0n) is 12.9. The van der Waals surface area contributed by atoms with Crippen molar-refractivity contribution in [1.82, 2.24) is 9.78 Å². The summed E-state index contributed by atoms with van der Waals surface area (Å²) in [6, 6.07) is 17.8. The van der Waals surface area contributed by atoms with Crippen molar-refractivity contribution < 1.29 is 4.79 Å². The van der Waals surface area contributed by atoms with Gasteiger partial charge in [-0.2, -0.15) is 5.10 Å². The molecule has 1 amide bonds. The number of aromatic nitrogens is 2. The van der Waals surface area contributed by atoms with Gasteiger partial charge in [-0.3, -0.25) is 4.79 Å². The highest BCUT2D eigenvalue weighted by atomic mass is 35.5. The first-order valence-corrected chi connectivity index (χ1v) is 8.23. The molecule has 4 rings (SSSR count). The lowest BCUT2D eigenvalue weighted by Crippen LogP contribution is -2.25. The van der Waals surface area contributed by atoms with Crippen molar-refractivity contribution in [3.05, 3.63) is 82.5 Å². The molecule has 1 aliphatic rings. The fraction of sp³-hybridized carbons (Fsp3) is 0.158. The van der Waals surface area contributed by atoms with Gasteiger partial charge in [0.15, 0.2) is 0 Å². The fourth-order valence-electron chi connectivity index (χ4n) is 3.17. The van der Waals surface area contributed by atoms with E-state index in [1.54, 1.807) is 0 Å². The van der Waals surface area contributed by atoms with Crippen molar-refractivity contribution >= 4 is 23.3 Å². The molecule has 1 aliphatic heterocycles. The summed E-state index contributed by atoms with van der Waals surface area (Å²) >= 11 is 6.12. The molecule has 0 radical (unpaired) electrons. The molecule has 0 spiro atoms. The topological polar surface area (TPSA) is 46.9 Å². The largest absolute Gasteiger partial charge is 0.311 e. The third-order valence-electron chi connectivity index (χ3n) is 4.32. The van der Waals surface area contributed by atoms with E-state index < -0.39 is 0 Å². The number of halogens is 1. The number of fused-ring (bicyclic) bond motifs is 1. The highest BCUT2D eigenvalue weighted by molar-refractivity contribution is 6.30. The van der Waals surface area contributed by atoms with Crippen LogP contribution in [0.3, 0.4) is 0 Å². The van der Waals surface area contributed by atoms with Crippen LogP contribution in [0.15, 0.2) is 60.8 Å². The highest BCUT2D eigenvalue weighted by Gasteiger charge is 2.30. The third-order valence-corrected chi connectivity index (χ3v) is 4.55. The van der Waals surface area contributed by atoms with Gasteiger partial charge in [0.25, 0.3) is 0 Å². The first-order valence-electron chi connectivity index (χ1n) is 7.85. The fourth-order valence-corrected chi connectivity index (χ4v) is 3.37. The molecule has 0 saturated carbocycles. The quantitative estimate of drug-likeness (QED) is 0.783. The standard InChI is InChI=1S/C19H16ClN3O/c20-15-8-4-7-14(9-15)16-10-18(24)22-19-17(16)11-21-23(19)12-13-5-2-1-3-6-13/h1-9,11,16H,10,12H2,(H,22,24). The molecule has 0 bridgehead atoms. The molecular formula is C19H16ClN3O. The van der Waals surface area contributed by atoms with E-state index in [9.17, 15) is 4.79 Å². The van der Waals surface area contributed by atoms with Crippen LogP contribution in [0.4, 0.5) is 5.82 Å². The summed E-state index contributed by atoms with van der Waals surface area (Å²) in [6.45, 7) is 0.624. The van der Waals surface area contributed by atoms with Gasteiger partial charge in [0.2, 0.25) is 5.91 Å². The Bertz CT molecular complexity index is 889. The first kappa shape index (κ1) is 15.0. The van der Waals surface area contributed by atoms with Gasteiger partial charge in [-0.05, 0) is 23.3 Å². The smallest absolute Gasteiger partial charge is 0.226 e. The van der Waals surface area contributed by atoms with Crippen LogP contribution in [0, 0.1) is 0 Å². The Morgan fingerprint density at radius 3 is 2.79 bits per heavy atom. The summed E-state index contributed by atoms with van der Waals surface area (Å²) in [4.78, 5) is 12.2. The van der Waals surface area contributed by atoms with Crippen LogP contribution in [-0.2, 0) is 11.3 Å². The lowest BCUT2D eigenvalue weighted by Gasteiger charge is -2.24. The third kappa shape index (κ3) is 2.81. The molecule has 4 nitrogen and oxygen atoms in total. The second-order valence-electron chi connectivity index (χ2n) is 5.95. The van der Waals surface area contributed by atoms with Gasteiger partial charge < -0.3 is 5.32 Å². The van der Waals surface area contributed by atoms with Gasteiger partial charge in [0.1, 0.15) is 5.82 Å². The monoisotopic (exact) mass is 337 g/mol. The Labute approximate surface area is 145 Å². The highest BCUT2D eigenvalue weighted by Crippen LogP contribution is 2.37. The SMILES string of the molecule is O=C1CC(c2cccc(Cl)c2)c2cnn(Cc3ccccc3)c2N1. The summed E-state index contributed by atoms with van der Waals surface area (Å²) < 4.78 is 1.85. The summed E-state index contributed by atoms with van der Waals surface area (Å²) in [5.74, 6) is 0.763. The minimum absolute atomic E-state index is 0.00212. The van der Waals surface area contributed by atoms with Gasteiger partial charge in [-0.25, -0.2) is 4.68 Å². The summed E-state index contributed by atoms with van der Waals surface area (Å²) in [5.41, 5.74) is 3.22. The molecule has 3 aromatic rings. The zero-order valence-corrected chi connectivity index (χ0v) is 13.7. The minimum atomic E-state index is -0.0167. The number of benzene rings is 2. The van der Waals surface area contributed by atoms with Crippen LogP contribution in [-0.4, -0.2) is 15.7 Å². The van der Waals surface area contributed by atoms with Crippen molar-refractivity contribution in [1.29, 1.82) is 0 Å². The van der Waals surface area contributed by atoms with Crippen molar-refractivity contribution in [2.45, 2.75) is 18.9 Å². The molecule has 1 N–H and O–H groups in total. The Hall–Kier alpha value is -2.59. The van der Waals surface area contributed by atoms with Crippen LogP contribution in [0.25, 0.3) is 0 Å². The number of nitrogens with zero attached hydrogens (tertiary/aromatic N) is 2. The van der Waals surface area contributed by atoms with Crippen LogP contribution < -0.4 is 5.32 Å². The lowest BCUT2D eigenvalue weighted by atomic mass is 9.87. The maximum Gasteiger partial charge on any atom is 0.226 e. The second-order valence-corrected chi connectivity index (χ2v) is 6.39. The van der Waals surface area contributed by atoms with Gasteiger partial charge in [-0.15, -0.1) is 0 Å². The number of carbonyl (C=O) groups excluding carboxylic acids is 1. The number of nitrogens with one attached hydrogen (secondary N) is 1. The zero-order chi connectivity index (χ0) is 16.5. The predicted molar refractivity (Wildman–Crippen MR) is 94.3 cm³/mol. The first-order chi connectivity index (χ1) is 11.7. The van der Waals surface area contributed by atoms with Crippen LogP contribution >= 0.6 is 11.6 Å². The number of hydrogen-bond acceptors (Lipinski definition) is 2. The van der Waals surface area contributed by atoms with Crippen LogP contribution in [0.1, 0.15) is 29.0 Å². The number of anilines is 1. The number of rotatable bonds is 3. The van der Waals surface area contributed by atoms with E-state index in [4.69, 9.17) is 11.6 Å². The van der Waals surface area contributed by atoms with E-state index >= 15 is 0 Å². The Morgan fingerprint density at radius 1 is 1.17 bits per heavy atom. The number of amides is 1. The molecule has 2 aromatic carbocycles. The number of hydrogen-bond donors (Lipinski definition) is 1. The molecule has 1 atom stereocenters. The average Bonchev–Trinajstić information content (AvgIpc) is 2.98. The molecule has 2 heterocycles. The van der Waals surface area contributed by atoms with E-state index in [0.717, 1.165) is 22.5 Å². The Kier molecular flexibility index (Phi) is 3.82. The van der Waals surface area contributed by atoms with E-state index in [2.05, 4.69) is 10.4 Å². The normalized spacial score (nSPS) is 16.5. The molecule has 120 valence electrons. The Morgan fingerprint density at radius 2 is 2.00 bits per heavy atom. The van der Waals surface area contributed by atoms with Gasteiger partial charge in [0, 0.05) is 22.9 Å². The van der Waals surface area contributed by atoms with E-state index in [0.29, 0.717) is 18.0 Å². The summed E-state index contributed by atoms with van der Waals surface area (Å²) in [5, 5.41) is 8.14. The molecule has 5 heteroatoms. The maximum absolute atomic E-state index is 12.2. The summed E-state index contributed by atoms with van der Waals surface area (Å²) in [7, 11) is 0. The van der Waals surface area contributed by atoms with Crippen molar-refractivity contribution in [3.63, 3.8) is 0 Å². The maximum atomic E-state index is 12.2. The van der Waals surface area contributed by atoms with Gasteiger partial charge in [0.05, 0.1) is 12.7 Å². The van der Waals surface area contributed by atoms with Crippen LogP contribution in [0.2, 0.25) is 5.02 Å². The van der Waals surface area contributed by atoms with Crippen molar-refractivity contribution in [2.24, 2.45) is 0 Å². The second kappa shape index (κ2) is 6.13. The predicted octanol–water partition coefficient (Wildman–Crippen LogP) is 4.06. The van der Waals surface area contributed by atoms with E-state index in [1.807, 2.05) is 65.5 Å². The Balaban J connectivity index is 1.72. The average molecular weight is 338 g/mol. The van der Waals surface area contributed by atoms with E-state index in [-0.39, 0.29) is 11.8 Å². The molecule has 1 aromatic heterocycles. The molecule has 0 aliphatic carbocycles. The molecule has 1 unspecified atom stereocenters.